The van der Waals surface area contributed by atoms with E-state index in [1.807, 2.05) is 79.7 Å². The summed E-state index contributed by atoms with van der Waals surface area (Å²) in [5.41, 5.74) is 12.2. The second-order valence-electron chi connectivity index (χ2n) is 7.85. The molecule has 0 aliphatic rings. The predicted octanol–water partition coefficient (Wildman–Crippen LogP) is 4.40. The van der Waals surface area contributed by atoms with Gasteiger partial charge < -0.3 is 15.8 Å². The van der Waals surface area contributed by atoms with E-state index in [-0.39, 0.29) is 5.91 Å². The first-order valence-electron chi connectivity index (χ1n) is 10.6. The Morgan fingerprint density at radius 2 is 1.73 bits per heavy atom. The summed E-state index contributed by atoms with van der Waals surface area (Å²) < 4.78 is 6.99. The van der Waals surface area contributed by atoms with Crippen LogP contribution in [0.5, 0.6) is 5.75 Å². The van der Waals surface area contributed by atoms with Gasteiger partial charge in [0.05, 0.1) is 18.1 Å². The van der Waals surface area contributed by atoms with Crippen molar-refractivity contribution in [1.82, 2.24) is 19.9 Å². The van der Waals surface area contributed by atoms with Crippen LogP contribution in [0.15, 0.2) is 72.8 Å². The Hall–Kier alpha value is -4.39. The van der Waals surface area contributed by atoms with Gasteiger partial charge in [-0.1, -0.05) is 36.4 Å². The minimum Gasteiger partial charge on any atom is -0.497 e. The normalized spacial score (nSPS) is 11.1. The molecule has 0 aliphatic heterocycles. The quantitative estimate of drug-likeness (QED) is 0.425. The third-order valence-corrected chi connectivity index (χ3v) is 5.60. The summed E-state index contributed by atoms with van der Waals surface area (Å²) in [6, 6.07) is 23.0. The highest BCUT2D eigenvalue weighted by Crippen LogP contribution is 2.31. The zero-order chi connectivity index (χ0) is 22.9. The molecule has 5 rings (SSSR count). The number of carbonyl (C=O) groups is 1. The minimum absolute atomic E-state index is 0.302. The SMILES string of the molecule is COc1ccc(CNC(=O)c2c(N)n(-c3cccc(C)c3)c3nc4ccccc4nc23)cc1. The summed E-state index contributed by atoms with van der Waals surface area (Å²) in [4.78, 5) is 22.9. The molecule has 0 unspecified atom stereocenters. The van der Waals surface area contributed by atoms with Gasteiger partial charge in [0, 0.05) is 12.2 Å². The van der Waals surface area contributed by atoms with E-state index in [9.17, 15) is 4.79 Å². The average molecular weight is 438 g/mol. The summed E-state index contributed by atoms with van der Waals surface area (Å²) in [6.45, 7) is 2.36. The molecule has 0 bridgehead atoms. The maximum atomic E-state index is 13.3. The van der Waals surface area contributed by atoms with Crippen LogP contribution >= 0.6 is 0 Å². The van der Waals surface area contributed by atoms with Gasteiger partial charge in [-0.15, -0.1) is 0 Å². The number of aryl methyl sites for hydroxylation is 1. The number of aromatic nitrogens is 3. The lowest BCUT2D eigenvalue weighted by Gasteiger charge is -2.09. The summed E-state index contributed by atoms with van der Waals surface area (Å²) in [5, 5.41) is 2.97. The van der Waals surface area contributed by atoms with Gasteiger partial charge in [-0.2, -0.15) is 0 Å². The number of hydrogen-bond acceptors (Lipinski definition) is 5. The fourth-order valence-electron chi connectivity index (χ4n) is 3.93. The molecule has 1 amide bonds. The first-order valence-corrected chi connectivity index (χ1v) is 10.6. The second kappa shape index (κ2) is 8.27. The van der Waals surface area contributed by atoms with Gasteiger partial charge in [0.1, 0.15) is 22.6 Å². The molecular formula is C26H23N5O2. The molecule has 33 heavy (non-hydrogen) atoms. The van der Waals surface area contributed by atoms with Crippen molar-refractivity contribution in [1.29, 1.82) is 0 Å². The molecule has 0 radical (unpaired) electrons. The Labute approximate surface area is 190 Å². The number of fused-ring (bicyclic) bond motifs is 2. The van der Waals surface area contributed by atoms with Gasteiger partial charge in [-0.25, -0.2) is 9.97 Å². The molecule has 7 nitrogen and oxygen atoms in total. The number of nitrogens with two attached hydrogens (primary N) is 1. The molecule has 164 valence electrons. The molecule has 0 saturated carbocycles. The van der Waals surface area contributed by atoms with Gasteiger partial charge in [0.15, 0.2) is 5.65 Å². The van der Waals surface area contributed by atoms with Crippen LogP contribution in [-0.4, -0.2) is 27.6 Å². The minimum atomic E-state index is -0.302. The van der Waals surface area contributed by atoms with Crippen LogP contribution in [0, 0.1) is 6.92 Å². The number of anilines is 1. The Morgan fingerprint density at radius 1 is 1.00 bits per heavy atom. The molecule has 0 fully saturated rings. The van der Waals surface area contributed by atoms with Crippen LogP contribution in [0.1, 0.15) is 21.5 Å². The zero-order valence-corrected chi connectivity index (χ0v) is 18.4. The number of carbonyl (C=O) groups excluding carboxylic acids is 1. The van der Waals surface area contributed by atoms with Crippen molar-refractivity contribution in [2.24, 2.45) is 0 Å². The van der Waals surface area contributed by atoms with Gasteiger partial charge in [-0.05, 0) is 54.4 Å². The van der Waals surface area contributed by atoms with E-state index in [1.54, 1.807) is 11.7 Å². The standard InChI is InChI=1S/C26H23N5O2/c1-16-6-5-7-18(14-16)31-24(27)22(23-25(31)30-21-9-4-3-8-20(21)29-23)26(32)28-15-17-10-12-19(33-2)13-11-17/h3-14H,15,27H2,1-2H3,(H,28,32). The number of methoxy groups -OCH3 is 1. The number of rotatable bonds is 5. The van der Waals surface area contributed by atoms with Crippen molar-refractivity contribution in [3.63, 3.8) is 0 Å². The number of nitrogen functional groups attached to an aromatic ring is 1. The largest absolute Gasteiger partial charge is 0.497 e. The number of nitrogens with zero attached hydrogens (tertiary/aromatic N) is 3. The Balaban J connectivity index is 1.61. The summed E-state index contributed by atoms with van der Waals surface area (Å²) in [5.74, 6) is 0.764. The van der Waals surface area contributed by atoms with Crippen molar-refractivity contribution >= 4 is 33.9 Å². The highest BCUT2D eigenvalue weighted by Gasteiger charge is 2.24. The van der Waals surface area contributed by atoms with Crippen molar-refractivity contribution in [3.05, 3.63) is 89.5 Å². The molecule has 7 heteroatoms. The second-order valence-corrected chi connectivity index (χ2v) is 7.85. The van der Waals surface area contributed by atoms with Crippen LogP contribution in [0.25, 0.3) is 27.9 Å². The van der Waals surface area contributed by atoms with Gasteiger partial charge in [0.2, 0.25) is 0 Å². The highest BCUT2D eigenvalue weighted by molar-refractivity contribution is 6.11. The lowest BCUT2D eigenvalue weighted by molar-refractivity contribution is 0.0953. The summed E-state index contributed by atoms with van der Waals surface area (Å²) in [7, 11) is 1.62. The molecule has 0 aliphatic carbocycles. The lowest BCUT2D eigenvalue weighted by Crippen LogP contribution is -2.24. The Morgan fingerprint density at radius 3 is 2.42 bits per heavy atom. The molecule has 0 atom stereocenters. The van der Waals surface area contributed by atoms with Gasteiger partial charge in [-0.3, -0.25) is 9.36 Å². The molecule has 3 aromatic carbocycles. The Bertz CT molecular complexity index is 1490. The van der Waals surface area contributed by atoms with Crippen LogP contribution < -0.4 is 15.8 Å². The fraction of sp³-hybridized carbons (Fsp3) is 0.115. The average Bonchev–Trinajstić information content (AvgIpc) is 3.12. The monoisotopic (exact) mass is 437 g/mol. The van der Waals surface area contributed by atoms with E-state index in [0.29, 0.717) is 34.6 Å². The summed E-state index contributed by atoms with van der Waals surface area (Å²) >= 11 is 0. The molecule has 0 saturated heterocycles. The maximum absolute atomic E-state index is 13.3. The first-order chi connectivity index (χ1) is 16.0. The number of para-hydroxylation sites is 2. The third kappa shape index (κ3) is 3.74. The highest BCUT2D eigenvalue weighted by atomic mass is 16.5. The van der Waals surface area contributed by atoms with Crippen LogP contribution in [0.2, 0.25) is 0 Å². The number of nitrogens with one attached hydrogen (secondary N) is 1. The van der Waals surface area contributed by atoms with Crippen molar-refractivity contribution in [2.75, 3.05) is 12.8 Å². The number of ether oxygens (including phenoxy) is 1. The summed E-state index contributed by atoms with van der Waals surface area (Å²) in [6.07, 6.45) is 0. The van der Waals surface area contributed by atoms with Gasteiger partial charge in [0.25, 0.3) is 5.91 Å². The molecule has 5 aromatic rings. The van der Waals surface area contributed by atoms with E-state index < -0.39 is 0 Å². The molecule has 0 spiro atoms. The maximum Gasteiger partial charge on any atom is 0.257 e. The van der Waals surface area contributed by atoms with E-state index in [1.165, 1.54) is 0 Å². The third-order valence-electron chi connectivity index (χ3n) is 5.60. The number of hydrogen-bond donors (Lipinski definition) is 2. The van der Waals surface area contributed by atoms with E-state index in [4.69, 9.17) is 20.4 Å². The topological polar surface area (TPSA) is 95.1 Å². The van der Waals surface area contributed by atoms with Crippen molar-refractivity contribution < 1.29 is 9.53 Å². The Kier molecular flexibility index (Phi) is 5.14. The fourth-order valence-corrected chi connectivity index (χ4v) is 3.93. The van der Waals surface area contributed by atoms with E-state index in [0.717, 1.165) is 28.1 Å². The molecule has 2 heterocycles. The molecule has 2 aromatic heterocycles. The van der Waals surface area contributed by atoms with Crippen molar-refractivity contribution in [2.45, 2.75) is 13.5 Å². The van der Waals surface area contributed by atoms with E-state index in [2.05, 4.69) is 5.32 Å². The molecule has 3 N–H and O–H groups in total. The smallest absolute Gasteiger partial charge is 0.257 e. The van der Waals surface area contributed by atoms with E-state index >= 15 is 0 Å². The predicted molar refractivity (Wildman–Crippen MR) is 130 cm³/mol. The van der Waals surface area contributed by atoms with Crippen LogP contribution in [0.3, 0.4) is 0 Å². The first kappa shape index (κ1) is 20.5. The zero-order valence-electron chi connectivity index (χ0n) is 18.4. The van der Waals surface area contributed by atoms with Crippen molar-refractivity contribution in [3.8, 4) is 11.4 Å². The number of benzene rings is 3. The lowest BCUT2D eigenvalue weighted by atomic mass is 10.2. The van der Waals surface area contributed by atoms with Crippen LogP contribution in [0.4, 0.5) is 5.82 Å². The number of amides is 1. The van der Waals surface area contributed by atoms with Gasteiger partial charge >= 0.3 is 0 Å². The molecular weight excluding hydrogens is 414 g/mol. The van der Waals surface area contributed by atoms with Crippen LogP contribution in [-0.2, 0) is 6.54 Å².